The highest BCUT2D eigenvalue weighted by Gasteiger charge is 2.47. The number of nitrogens with zero attached hydrogens (tertiary/aromatic N) is 1. The van der Waals surface area contributed by atoms with Crippen molar-refractivity contribution < 1.29 is 18.3 Å². The molecule has 22 heavy (non-hydrogen) atoms. The summed E-state index contributed by atoms with van der Waals surface area (Å²) in [5.41, 5.74) is 0.164. The SMILES string of the molecule is CC1(C)C[C@H]2C[C@H](C1)N(S(=O)(=O)c1ccc(C(=O)[O-])cc1)C2. The second-order valence-corrected chi connectivity index (χ2v) is 9.11. The molecular weight excluding hydrogens is 302 g/mol. The Balaban J connectivity index is 1.89. The van der Waals surface area contributed by atoms with Gasteiger partial charge in [-0.2, -0.15) is 4.31 Å². The van der Waals surface area contributed by atoms with Crippen LogP contribution in [0.15, 0.2) is 29.2 Å². The highest BCUT2D eigenvalue weighted by Crippen LogP contribution is 2.46. The molecule has 2 fully saturated rings. The molecule has 1 aromatic carbocycles. The van der Waals surface area contributed by atoms with Gasteiger partial charge in [0.05, 0.1) is 10.9 Å². The summed E-state index contributed by atoms with van der Waals surface area (Å²) < 4.78 is 27.3. The molecule has 0 N–H and O–H groups in total. The number of carboxylic acid groups (broad SMARTS) is 1. The molecule has 1 aliphatic carbocycles. The minimum absolute atomic E-state index is 0.0137. The van der Waals surface area contributed by atoms with Crippen molar-refractivity contribution in [2.24, 2.45) is 11.3 Å². The Morgan fingerprint density at radius 2 is 1.86 bits per heavy atom. The van der Waals surface area contributed by atoms with Gasteiger partial charge in [0.1, 0.15) is 0 Å². The van der Waals surface area contributed by atoms with Crippen LogP contribution in [0.5, 0.6) is 0 Å². The molecule has 2 aliphatic rings. The predicted molar refractivity (Wildman–Crippen MR) is 79.6 cm³/mol. The van der Waals surface area contributed by atoms with Gasteiger partial charge in [0.15, 0.2) is 0 Å². The van der Waals surface area contributed by atoms with E-state index in [1.807, 2.05) is 0 Å². The molecule has 1 aliphatic heterocycles. The standard InChI is InChI=1S/C16H21NO4S/c1-16(2)8-11-7-13(9-16)17(10-11)22(20,21)14-5-3-12(4-6-14)15(18)19/h3-6,11,13H,7-10H2,1-2H3,(H,18,19)/p-1/t11-,13-/m1/s1. The van der Waals surface area contributed by atoms with Crippen molar-refractivity contribution in [1.82, 2.24) is 4.31 Å². The maximum Gasteiger partial charge on any atom is 0.243 e. The smallest absolute Gasteiger partial charge is 0.243 e. The van der Waals surface area contributed by atoms with Gasteiger partial charge in [0.25, 0.3) is 0 Å². The number of carboxylic acids is 1. The lowest BCUT2D eigenvalue weighted by Crippen LogP contribution is -2.37. The van der Waals surface area contributed by atoms with E-state index in [2.05, 4.69) is 13.8 Å². The number of aromatic carboxylic acids is 1. The van der Waals surface area contributed by atoms with Gasteiger partial charge in [-0.05, 0) is 48.3 Å². The van der Waals surface area contributed by atoms with E-state index < -0.39 is 16.0 Å². The van der Waals surface area contributed by atoms with Gasteiger partial charge in [-0.3, -0.25) is 0 Å². The van der Waals surface area contributed by atoms with Crippen molar-refractivity contribution in [2.75, 3.05) is 6.54 Å². The predicted octanol–water partition coefficient (Wildman–Crippen LogP) is 1.25. The maximum absolute atomic E-state index is 12.8. The van der Waals surface area contributed by atoms with Gasteiger partial charge in [-0.1, -0.05) is 26.0 Å². The normalized spacial score (nSPS) is 27.7. The molecule has 0 radical (unpaired) electrons. The lowest BCUT2D eigenvalue weighted by molar-refractivity contribution is -0.255. The van der Waals surface area contributed by atoms with Crippen LogP contribution >= 0.6 is 0 Å². The monoisotopic (exact) mass is 322 g/mol. The zero-order valence-electron chi connectivity index (χ0n) is 12.8. The molecule has 1 saturated carbocycles. The first-order valence-corrected chi connectivity index (χ1v) is 8.96. The van der Waals surface area contributed by atoms with Gasteiger partial charge in [-0.25, -0.2) is 8.42 Å². The Kier molecular flexibility index (Phi) is 3.57. The van der Waals surface area contributed by atoms with E-state index in [1.165, 1.54) is 24.3 Å². The van der Waals surface area contributed by atoms with Crippen molar-refractivity contribution in [3.63, 3.8) is 0 Å². The molecule has 1 heterocycles. The summed E-state index contributed by atoms with van der Waals surface area (Å²) in [5.74, 6) is -0.881. The van der Waals surface area contributed by atoms with Crippen LogP contribution in [0.25, 0.3) is 0 Å². The third kappa shape index (κ3) is 2.65. The number of sulfonamides is 1. The summed E-state index contributed by atoms with van der Waals surface area (Å²) in [5, 5.41) is 10.8. The molecule has 3 rings (SSSR count). The van der Waals surface area contributed by atoms with E-state index in [0.29, 0.717) is 12.5 Å². The number of hydrogen-bond acceptors (Lipinski definition) is 4. The minimum atomic E-state index is -3.57. The van der Waals surface area contributed by atoms with E-state index in [0.717, 1.165) is 19.3 Å². The van der Waals surface area contributed by atoms with Crippen LogP contribution in [0.3, 0.4) is 0 Å². The van der Waals surface area contributed by atoms with Crippen molar-refractivity contribution in [2.45, 2.75) is 44.0 Å². The zero-order chi connectivity index (χ0) is 16.1. The largest absolute Gasteiger partial charge is 0.545 e. The van der Waals surface area contributed by atoms with E-state index in [1.54, 1.807) is 4.31 Å². The Morgan fingerprint density at radius 3 is 2.45 bits per heavy atom. The number of fused-ring (bicyclic) bond motifs is 2. The van der Waals surface area contributed by atoms with E-state index in [4.69, 9.17) is 0 Å². The lowest BCUT2D eigenvalue weighted by atomic mass is 9.72. The van der Waals surface area contributed by atoms with Gasteiger partial charge < -0.3 is 9.90 Å². The average molecular weight is 322 g/mol. The molecule has 2 bridgehead atoms. The highest BCUT2D eigenvalue weighted by molar-refractivity contribution is 7.89. The number of carbonyl (C=O) groups excluding carboxylic acids is 1. The first-order chi connectivity index (χ1) is 10.2. The summed E-state index contributed by atoms with van der Waals surface area (Å²) in [6, 6.07) is 5.34. The van der Waals surface area contributed by atoms with Crippen LogP contribution in [-0.2, 0) is 10.0 Å². The van der Waals surface area contributed by atoms with Crippen molar-refractivity contribution in [3.05, 3.63) is 29.8 Å². The quantitative estimate of drug-likeness (QED) is 0.839. The summed E-state index contributed by atoms with van der Waals surface area (Å²) in [6.07, 6.45) is 2.86. The minimum Gasteiger partial charge on any atom is -0.545 e. The van der Waals surface area contributed by atoms with Gasteiger partial charge in [-0.15, -0.1) is 0 Å². The molecule has 0 spiro atoms. The lowest BCUT2D eigenvalue weighted by Gasteiger charge is -2.34. The maximum atomic E-state index is 12.8. The molecule has 0 aromatic heterocycles. The van der Waals surface area contributed by atoms with Gasteiger partial charge in [0, 0.05) is 12.6 Å². The first kappa shape index (κ1) is 15.5. The summed E-state index contributed by atoms with van der Waals surface area (Å²) >= 11 is 0. The first-order valence-electron chi connectivity index (χ1n) is 7.52. The fraction of sp³-hybridized carbons (Fsp3) is 0.562. The fourth-order valence-corrected chi connectivity index (χ4v) is 5.72. The van der Waals surface area contributed by atoms with Crippen LogP contribution in [0.4, 0.5) is 0 Å². The average Bonchev–Trinajstić information content (AvgIpc) is 2.74. The van der Waals surface area contributed by atoms with E-state index in [-0.39, 0.29) is 21.9 Å². The van der Waals surface area contributed by atoms with Gasteiger partial charge >= 0.3 is 0 Å². The van der Waals surface area contributed by atoms with Crippen LogP contribution < -0.4 is 5.11 Å². The molecule has 1 aromatic rings. The Morgan fingerprint density at radius 1 is 1.23 bits per heavy atom. The van der Waals surface area contributed by atoms with Crippen LogP contribution in [-0.4, -0.2) is 31.3 Å². The molecule has 2 atom stereocenters. The molecule has 0 unspecified atom stereocenters. The molecule has 6 heteroatoms. The molecule has 5 nitrogen and oxygen atoms in total. The van der Waals surface area contributed by atoms with Gasteiger partial charge in [0.2, 0.25) is 10.0 Å². The number of rotatable bonds is 3. The summed E-state index contributed by atoms with van der Waals surface area (Å²) in [7, 11) is -3.57. The Bertz CT molecular complexity index is 693. The Hall–Kier alpha value is -1.40. The van der Waals surface area contributed by atoms with E-state index in [9.17, 15) is 18.3 Å². The van der Waals surface area contributed by atoms with Crippen LogP contribution in [0.1, 0.15) is 43.5 Å². The van der Waals surface area contributed by atoms with Crippen molar-refractivity contribution in [1.29, 1.82) is 0 Å². The number of benzene rings is 1. The molecular formula is C16H20NO4S-. The Labute approximate surface area is 131 Å². The number of carbonyl (C=O) groups is 1. The third-order valence-corrected chi connectivity index (χ3v) is 6.71. The molecule has 0 amide bonds. The zero-order valence-corrected chi connectivity index (χ0v) is 13.6. The van der Waals surface area contributed by atoms with E-state index >= 15 is 0 Å². The molecule has 1 saturated heterocycles. The number of hydrogen-bond donors (Lipinski definition) is 0. The topological polar surface area (TPSA) is 77.5 Å². The second-order valence-electron chi connectivity index (χ2n) is 7.21. The highest BCUT2D eigenvalue weighted by atomic mass is 32.2. The van der Waals surface area contributed by atoms with Crippen molar-refractivity contribution in [3.8, 4) is 0 Å². The molecule has 120 valence electrons. The second kappa shape index (κ2) is 5.06. The third-order valence-electron chi connectivity index (χ3n) is 4.78. The summed E-state index contributed by atoms with van der Waals surface area (Å²) in [4.78, 5) is 10.9. The van der Waals surface area contributed by atoms with Crippen LogP contribution in [0.2, 0.25) is 0 Å². The van der Waals surface area contributed by atoms with Crippen LogP contribution in [0, 0.1) is 11.3 Å². The summed E-state index contributed by atoms with van der Waals surface area (Å²) in [6.45, 7) is 4.95. The fourth-order valence-electron chi connectivity index (χ4n) is 4.01. The van der Waals surface area contributed by atoms with Crippen molar-refractivity contribution >= 4 is 16.0 Å².